The van der Waals surface area contributed by atoms with Crippen molar-refractivity contribution in [2.75, 3.05) is 32.0 Å². The highest BCUT2D eigenvalue weighted by molar-refractivity contribution is 7.90. The molecule has 3 N–H and O–H groups in total. The Bertz CT molecular complexity index is 1510. The van der Waals surface area contributed by atoms with Gasteiger partial charge in [0.1, 0.15) is 0 Å². The Morgan fingerprint density at radius 3 is 2.42 bits per heavy atom. The molecule has 4 rings (SSSR count). The predicted octanol–water partition coefficient (Wildman–Crippen LogP) is 2.84. The van der Waals surface area contributed by atoms with Crippen LogP contribution in [0.3, 0.4) is 0 Å². The van der Waals surface area contributed by atoms with Gasteiger partial charge in [0.2, 0.25) is 5.91 Å². The zero-order valence-corrected chi connectivity index (χ0v) is 26.2. The van der Waals surface area contributed by atoms with E-state index in [1.165, 1.54) is 31.0 Å². The van der Waals surface area contributed by atoms with Crippen LogP contribution >= 0.6 is 0 Å². The highest BCUT2D eigenvalue weighted by Crippen LogP contribution is 2.24. The van der Waals surface area contributed by atoms with Gasteiger partial charge in [-0.25, -0.2) is 0 Å². The number of carbonyl (C=O) groups excluding carboxylic acids is 2. The molecular weight excluding hydrogens is 564 g/mol. The van der Waals surface area contributed by atoms with Crippen molar-refractivity contribution in [1.82, 2.24) is 25.2 Å². The number of hydrogen-bond acceptors (Lipinski definition) is 6. The molecule has 0 saturated heterocycles. The van der Waals surface area contributed by atoms with Gasteiger partial charge < -0.3 is 16.0 Å². The highest BCUT2D eigenvalue weighted by Gasteiger charge is 2.24. The Balaban J connectivity index is 1.55. The van der Waals surface area contributed by atoms with Crippen LogP contribution < -0.4 is 20.3 Å². The van der Waals surface area contributed by atoms with Crippen molar-refractivity contribution in [3.05, 3.63) is 94.8 Å². The molecule has 0 saturated carbocycles. The van der Waals surface area contributed by atoms with Crippen molar-refractivity contribution >= 4 is 27.7 Å². The van der Waals surface area contributed by atoms with Crippen LogP contribution in [-0.2, 0) is 40.8 Å². The van der Waals surface area contributed by atoms with Gasteiger partial charge in [-0.1, -0.05) is 24.3 Å². The van der Waals surface area contributed by atoms with Crippen LogP contribution in [0, 0.1) is 0 Å². The second-order valence-electron chi connectivity index (χ2n) is 11.3. The number of rotatable bonds is 9. The summed E-state index contributed by atoms with van der Waals surface area (Å²) in [6, 6.07) is 16.6. The molecule has 2 amide bonds. The lowest BCUT2D eigenvalue weighted by atomic mass is 9.97. The molecule has 2 heterocycles. The molecule has 2 aromatic carbocycles. The van der Waals surface area contributed by atoms with Gasteiger partial charge in [-0.15, -0.1) is 0 Å². The Morgan fingerprint density at radius 1 is 1.00 bits per heavy atom. The standard InChI is InChI=1S/C32H42N6O4S/c1-23(31(39)35-21-25-12-14-33-15-13-25)34-22-29-18-26-11-7-10-24(16-26)8-5-6-9-27-17-28(32(40)36-29)20-30(19-27)38(4)43(41,42)37(2)3/h7,10-17,19-20,23,29,34H,5-6,8-9,18,21-22H2,1-4H3,(H,35,39)(H,36,40)/t23-,29?/m0/s1. The van der Waals surface area contributed by atoms with E-state index in [-0.39, 0.29) is 17.9 Å². The van der Waals surface area contributed by atoms with Crippen LogP contribution in [0.4, 0.5) is 5.69 Å². The van der Waals surface area contributed by atoms with E-state index in [1.807, 2.05) is 30.3 Å². The summed E-state index contributed by atoms with van der Waals surface area (Å²) in [7, 11) is 0.721. The largest absolute Gasteiger partial charge is 0.351 e. The maximum atomic E-state index is 13.7. The fraction of sp³-hybridized carbons (Fsp3) is 0.406. The smallest absolute Gasteiger partial charge is 0.303 e. The third kappa shape index (κ3) is 8.85. The van der Waals surface area contributed by atoms with Crippen molar-refractivity contribution in [3.8, 4) is 0 Å². The molecule has 43 heavy (non-hydrogen) atoms. The fourth-order valence-electron chi connectivity index (χ4n) is 5.06. The zero-order valence-electron chi connectivity index (χ0n) is 25.3. The van der Waals surface area contributed by atoms with Crippen LogP contribution in [0.2, 0.25) is 0 Å². The fourth-order valence-corrected chi connectivity index (χ4v) is 5.92. The average Bonchev–Trinajstić information content (AvgIpc) is 3.00. The molecule has 2 atom stereocenters. The first-order valence-electron chi connectivity index (χ1n) is 14.6. The number of anilines is 1. The molecule has 0 fully saturated rings. The van der Waals surface area contributed by atoms with Gasteiger partial charge in [-0.3, -0.25) is 18.9 Å². The van der Waals surface area contributed by atoms with Crippen molar-refractivity contribution in [3.63, 3.8) is 0 Å². The number of hydrogen-bond donors (Lipinski definition) is 3. The Hall–Kier alpha value is -3.80. The van der Waals surface area contributed by atoms with E-state index in [0.717, 1.165) is 46.7 Å². The summed E-state index contributed by atoms with van der Waals surface area (Å²) in [5.74, 6) is -0.443. The van der Waals surface area contributed by atoms with Crippen molar-refractivity contribution in [2.24, 2.45) is 0 Å². The Labute approximate surface area is 255 Å². The second kappa shape index (κ2) is 14.6. The molecule has 10 nitrogen and oxygen atoms in total. The Morgan fingerprint density at radius 2 is 1.70 bits per heavy atom. The molecule has 0 radical (unpaired) electrons. The molecular formula is C32H42N6O4S. The monoisotopic (exact) mass is 606 g/mol. The van der Waals surface area contributed by atoms with Gasteiger partial charge >= 0.3 is 10.2 Å². The molecule has 1 aliphatic rings. The second-order valence-corrected chi connectivity index (χ2v) is 13.4. The summed E-state index contributed by atoms with van der Waals surface area (Å²) in [4.78, 5) is 30.5. The van der Waals surface area contributed by atoms with E-state index in [1.54, 1.807) is 25.4 Å². The topological polar surface area (TPSA) is 124 Å². The summed E-state index contributed by atoms with van der Waals surface area (Å²) >= 11 is 0. The summed E-state index contributed by atoms with van der Waals surface area (Å²) in [6.45, 7) is 2.56. The van der Waals surface area contributed by atoms with E-state index in [2.05, 4.69) is 39.1 Å². The number of aromatic nitrogens is 1. The van der Waals surface area contributed by atoms with E-state index in [4.69, 9.17) is 0 Å². The van der Waals surface area contributed by atoms with Crippen molar-refractivity contribution in [2.45, 2.75) is 57.7 Å². The molecule has 4 bridgehead atoms. The van der Waals surface area contributed by atoms with E-state index < -0.39 is 16.3 Å². The van der Waals surface area contributed by atoms with Gasteiger partial charge in [-0.2, -0.15) is 12.7 Å². The molecule has 0 aliphatic carbocycles. The van der Waals surface area contributed by atoms with E-state index >= 15 is 0 Å². The van der Waals surface area contributed by atoms with Gasteiger partial charge in [-0.05, 0) is 91.6 Å². The highest BCUT2D eigenvalue weighted by atomic mass is 32.2. The minimum atomic E-state index is -3.73. The number of nitrogens with zero attached hydrogens (tertiary/aromatic N) is 3. The minimum absolute atomic E-state index is 0.145. The SMILES string of the molecule is C[C@H](NCC1Cc2cccc(c2)CCCCc2cc(cc(N(C)S(=O)(=O)N(C)C)c2)C(=O)N1)C(=O)NCc1ccncc1. The first-order valence-corrected chi connectivity index (χ1v) is 16.0. The van der Waals surface area contributed by atoms with Crippen LogP contribution in [0.25, 0.3) is 0 Å². The third-order valence-electron chi connectivity index (χ3n) is 7.68. The molecule has 11 heteroatoms. The first-order chi connectivity index (χ1) is 20.5. The van der Waals surface area contributed by atoms with Gasteiger partial charge in [0, 0.05) is 58.2 Å². The van der Waals surface area contributed by atoms with Gasteiger partial charge in [0.25, 0.3) is 5.91 Å². The summed E-state index contributed by atoms with van der Waals surface area (Å²) in [5.41, 5.74) is 5.03. The molecule has 230 valence electrons. The number of fused-ring (bicyclic) bond motifs is 4. The summed E-state index contributed by atoms with van der Waals surface area (Å²) in [5, 5.41) is 9.37. The predicted molar refractivity (Wildman–Crippen MR) is 169 cm³/mol. The normalized spacial score (nSPS) is 16.6. The third-order valence-corrected chi connectivity index (χ3v) is 9.51. The molecule has 1 aliphatic heterocycles. The van der Waals surface area contributed by atoms with Crippen molar-refractivity contribution < 1.29 is 18.0 Å². The van der Waals surface area contributed by atoms with Crippen LogP contribution in [0.1, 0.15) is 52.4 Å². The van der Waals surface area contributed by atoms with Crippen LogP contribution in [-0.4, -0.2) is 69.3 Å². The lowest BCUT2D eigenvalue weighted by Gasteiger charge is -2.25. The molecule has 1 aromatic heterocycles. The van der Waals surface area contributed by atoms with Gasteiger partial charge in [0.05, 0.1) is 11.7 Å². The maximum absolute atomic E-state index is 13.7. The number of carbonyl (C=O) groups is 2. The average molecular weight is 607 g/mol. The Kier molecular flexibility index (Phi) is 10.9. The number of aryl methyl sites for hydroxylation is 2. The lowest BCUT2D eigenvalue weighted by molar-refractivity contribution is -0.122. The maximum Gasteiger partial charge on any atom is 0.303 e. The number of pyridine rings is 1. The van der Waals surface area contributed by atoms with Crippen LogP contribution in [0.15, 0.2) is 67.0 Å². The molecule has 0 spiro atoms. The first kappa shape index (κ1) is 32.1. The number of amides is 2. The summed E-state index contributed by atoms with van der Waals surface area (Å²) in [6.07, 6.45) is 7.47. The van der Waals surface area contributed by atoms with E-state index in [9.17, 15) is 18.0 Å². The molecule has 1 unspecified atom stereocenters. The quantitative estimate of drug-likeness (QED) is 0.344. The summed E-state index contributed by atoms with van der Waals surface area (Å²) < 4.78 is 28.1. The van der Waals surface area contributed by atoms with Crippen LogP contribution in [0.5, 0.6) is 0 Å². The van der Waals surface area contributed by atoms with E-state index in [0.29, 0.717) is 30.8 Å². The zero-order chi connectivity index (χ0) is 31.0. The minimum Gasteiger partial charge on any atom is -0.351 e. The van der Waals surface area contributed by atoms with Crippen molar-refractivity contribution in [1.29, 1.82) is 0 Å². The van der Waals surface area contributed by atoms with Gasteiger partial charge in [0.15, 0.2) is 0 Å². The molecule has 3 aromatic rings. The number of nitrogens with one attached hydrogen (secondary N) is 3. The lowest BCUT2D eigenvalue weighted by Crippen LogP contribution is -2.49. The number of benzene rings is 2.